The van der Waals surface area contributed by atoms with Crippen LogP contribution in [0.3, 0.4) is 0 Å². The average Bonchev–Trinajstić information content (AvgIpc) is 2.54. The molecule has 0 aliphatic heterocycles. The molecule has 0 fully saturated rings. The number of carbonyl (C=O) groups excluding carboxylic acids is 2. The van der Waals surface area contributed by atoms with E-state index in [1.54, 1.807) is 24.4 Å². The Labute approximate surface area is 142 Å². The maximum Gasteiger partial charge on any atom is 0.252 e. The average molecular weight is 409 g/mol. The molecule has 2 N–H and O–H groups in total. The maximum atomic E-state index is 12.0. The highest BCUT2D eigenvalue weighted by atomic mass is 127. The molecule has 0 bridgehead atoms. The van der Waals surface area contributed by atoms with Crippen LogP contribution in [0.15, 0.2) is 42.7 Å². The van der Waals surface area contributed by atoms with Crippen molar-refractivity contribution in [1.82, 2.24) is 15.6 Å². The third kappa shape index (κ3) is 4.52. The first-order valence-corrected chi connectivity index (χ1v) is 7.88. The number of nitrogens with zero attached hydrogens (tertiary/aromatic N) is 1. The number of aromatic nitrogens is 1. The Hall–Kier alpha value is -1.96. The molecule has 0 radical (unpaired) electrons. The van der Waals surface area contributed by atoms with Crippen molar-refractivity contribution in [3.63, 3.8) is 0 Å². The first-order chi connectivity index (χ1) is 10.6. The molecule has 0 aliphatic rings. The number of hydrogen-bond donors (Lipinski definition) is 2. The Morgan fingerprint density at radius 3 is 2.36 bits per heavy atom. The molecule has 0 saturated carbocycles. The minimum Gasteiger partial charge on any atom is -0.350 e. The van der Waals surface area contributed by atoms with Crippen LogP contribution in [0.25, 0.3) is 0 Å². The monoisotopic (exact) mass is 409 g/mol. The SMILES string of the molecule is Cc1ccc(C(=O)NCCNC(=O)c2cccnc2)cc1I. The summed E-state index contributed by atoms with van der Waals surface area (Å²) in [6.07, 6.45) is 3.11. The maximum absolute atomic E-state index is 12.0. The normalized spacial score (nSPS) is 10.1. The van der Waals surface area contributed by atoms with Gasteiger partial charge in [0.05, 0.1) is 5.56 Å². The predicted molar refractivity (Wildman–Crippen MR) is 92.8 cm³/mol. The van der Waals surface area contributed by atoms with Crippen LogP contribution in [0.2, 0.25) is 0 Å². The van der Waals surface area contributed by atoms with Crippen molar-refractivity contribution in [3.05, 3.63) is 63.0 Å². The van der Waals surface area contributed by atoms with Crippen LogP contribution in [-0.2, 0) is 0 Å². The molecule has 0 saturated heterocycles. The second-order valence-electron chi connectivity index (χ2n) is 4.72. The third-order valence-corrected chi connectivity index (χ3v) is 4.22. The molecule has 2 amide bonds. The Morgan fingerprint density at radius 1 is 1.09 bits per heavy atom. The highest BCUT2D eigenvalue weighted by Crippen LogP contribution is 2.13. The van der Waals surface area contributed by atoms with Crippen molar-refractivity contribution in [2.45, 2.75) is 6.92 Å². The highest BCUT2D eigenvalue weighted by molar-refractivity contribution is 14.1. The van der Waals surface area contributed by atoms with Gasteiger partial charge in [-0.05, 0) is 59.3 Å². The van der Waals surface area contributed by atoms with E-state index in [2.05, 4.69) is 38.2 Å². The van der Waals surface area contributed by atoms with Crippen LogP contribution >= 0.6 is 22.6 Å². The quantitative estimate of drug-likeness (QED) is 0.588. The number of nitrogens with one attached hydrogen (secondary N) is 2. The Bertz CT molecular complexity index is 674. The van der Waals surface area contributed by atoms with E-state index < -0.39 is 0 Å². The van der Waals surface area contributed by atoms with E-state index in [-0.39, 0.29) is 11.8 Å². The van der Waals surface area contributed by atoms with Gasteiger partial charge >= 0.3 is 0 Å². The van der Waals surface area contributed by atoms with Crippen LogP contribution in [0.5, 0.6) is 0 Å². The number of hydrogen-bond acceptors (Lipinski definition) is 3. The topological polar surface area (TPSA) is 71.1 Å². The van der Waals surface area contributed by atoms with Gasteiger partial charge in [-0.2, -0.15) is 0 Å². The molecule has 2 rings (SSSR count). The summed E-state index contributed by atoms with van der Waals surface area (Å²) < 4.78 is 1.05. The lowest BCUT2D eigenvalue weighted by Gasteiger charge is -2.08. The second-order valence-corrected chi connectivity index (χ2v) is 5.88. The van der Waals surface area contributed by atoms with Gasteiger partial charge in [-0.1, -0.05) is 6.07 Å². The van der Waals surface area contributed by atoms with E-state index in [1.165, 1.54) is 6.20 Å². The van der Waals surface area contributed by atoms with Crippen LogP contribution in [-0.4, -0.2) is 29.9 Å². The van der Waals surface area contributed by atoms with Gasteiger partial charge in [-0.25, -0.2) is 0 Å². The fraction of sp³-hybridized carbons (Fsp3) is 0.188. The molecular formula is C16H16IN3O2. The third-order valence-electron chi connectivity index (χ3n) is 3.05. The van der Waals surface area contributed by atoms with Crippen molar-refractivity contribution in [1.29, 1.82) is 0 Å². The Balaban J connectivity index is 1.78. The molecule has 6 heteroatoms. The summed E-state index contributed by atoms with van der Waals surface area (Å²) in [6.45, 7) is 2.73. The first-order valence-electron chi connectivity index (χ1n) is 6.80. The molecule has 1 heterocycles. The molecule has 114 valence electrons. The summed E-state index contributed by atoms with van der Waals surface area (Å²) in [7, 11) is 0. The summed E-state index contributed by atoms with van der Waals surface area (Å²) in [5.74, 6) is -0.347. The zero-order valence-corrected chi connectivity index (χ0v) is 14.3. The molecule has 0 aliphatic carbocycles. The van der Waals surface area contributed by atoms with Gasteiger partial charge in [-0.3, -0.25) is 14.6 Å². The smallest absolute Gasteiger partial charge is 0.252 e. The van der Waals surface area contributed by atoms with Gasteiger partial charge in [0.25, 0.3) is 11.8 Å². The van der Waals surface area contributed by atoms with E-state index in [4.69, 9.17) is 0 Å². The van der Waals surface area contributed by atoms with Crippen LogP contribution in [0.4, 0.5) is 0 Å². The second kappa shape index (κ2) is 7.88. The Morgan fingerprint density at radius 2 is 1.77 bits per heavy atom. The summed E-state index contributed by atoms with van der Waals surface area (Å²) in [4.78, 5) is 27.6. The largest absolute Gasteiger partial charge is 0.350 e. The van der Waals surface area contributed by atoms with Gasteiger partial charge in [-0.15, -0.1) is 0 Å². The number of pyridine rings is 1. The number of halogens is 1. The summed E-state index contributed by atoms with van der Waals surface area (Å²) in [5, 5.41) is 5.51. The van der Waals surface area contributed by atoms with E-state index in [0.29, 0.717) is 24.2 Å². The number of benzene rings is 1. The van der Waals surface area contributed by atoms with Crippen LogP contribution in [0.1, 0.15) is 26.3 Å². The number of aryl methyl sites for hydroxylation is 1. The van der Waals surface area contributed by atoms with Gasteiger partial charge in [0.1, 0.15) is 0 Å². The van der Waals surface area contributed by atoms with E-state index in [0.717, 1.165) is 9.13 Å². The van der Waals surface area contributed by atoms with Crippen molar-refractivity contribution in [3.8, 4) is 0 Å². The molecule has 2 aromatic rings. The van der Waals surface area contributed by atoms with Crippen LogP contribution < -0.4 is 10.6 Å². The van der Waals surface area contributed by atoms with Crippen molar-refractivity contribution in [2.75, 3.05) is 13.1 Å². The minimum atomic E-state index is -0.202. The Kier molecular flexibility index (Phi) is 5.88. The van der Waals surface area contributed by atoms with E-state index in [1.807, 2.05) is 19.1 Å². The van der Waals surface area contributed by atoms with Gasteiger partial charge in [0.15, 0.2) is 0 Å². The van der Waals surface area contributed by atoms with Gasteiger partial charge in [0.2, 0.25) is 0 Å². The number of rotatable bonds is 5. The van der Waals surface area contributed by atoms with E-state index >= 15 is 0 Å². The van der Waals surface area contributed by atoms with Crippen LogP contribution in [0, 0.1) is 10.5 Å². The van der Waals surface area contributed by atoms with Crippen molar-refractivity contribution >= 4 is 34.4 Å². The molecule has 5 nitrogen and oxygen atoms in total. The summed E-state index contributed by atoms with van der Waals surface area (Å²) in [6, 6.07) is 8.95. The van der Waals surface area contributed by atoms with Crippen molar-refractivity contribution < 1.29 is 9.59 Å². The lowest BCUT2D eigenvalue weighted by Crippen LogP contribution is -2.34. The van der Waals surface area contributed by atoms with Crippen molar-refractivity contribution in [2.24, 2.45) is 0 Å². The lowest BCUT2D eigenvalue weighted by molar-refractivity contribution is 0.0927. The summed E-state index contributed by atoms with van der Waals surface area (Å²) >= 11 is 2.20. The zero-order valence-electron chi connectivity index (χ0n) is 12.1. The zero-order chi connectivity index (χ0) is 15.9. The highest BCUT2D eigenvalue weighted by Gasteiger charge is 2.07. The first kappa shape index (κ1) is 16.4. The summed E-state index contributed by atoms with van der Waals surface area (Å²) in [5.41, 5.74) is 2.26. The standard InChI is InChI=1S/C16H16IN3O2/c1-11-4-5-12(9-14(11)17)15(21)19-7-8-20-16(22)13-3-2-6-18-10-13/h2-6,9-10H,7-8H2,1H3,(H,19,21)(H,20,22). The minimum absolute atomic E-state index is 0.145. The van der Waals surface area contributed by atoms with E-state index in [9.17, 15) is 9.59 Å². The predicted octanol–water partition coefficient (Wildman–Crippen LogP) is 2.15. The fourth-order valence-electron chi connectivity index (χ4n) is 1.79. The fourth-order valence-corrected chi connectivity index (χ4v) is 2.30. The van der Waals surface area contributed by atoms with Gasteiger partial charge < -0.3 is 10.6 Å². The molecule has 1 aromatic carbocycles. The van der Waals surface area contributed by atoms with Gasteiger partial charge in [0, 0.05) is 34.6 Å². The number of amides is 2. The molecule has 0 atom stereocenters. The lowest BCUT2D eigenvalue weighted by atomic mass is 10.1. The molecule has 0 unspecified atom stereocenters. The molecule has 1 aromatic heterocycles. The molecule has 0 spiro atoms. The number of carbonyl (C=O) groups is 2. The molecular weight excluding hydrogens is 393 g/mol. The molecule has 22 heavy (non-hydrogen) atoms.